The SMILES string of the molecule is CC(NC(=O)C(N)Cc1ccccc1)c1ccc2c(c1)OCO2. The number of carbonyl (C=O) groups is 1. The van der Waals surface area contributed by atoms with E-state index in [1.54, 1.807) is 0 Å². The highest BCUT2D eigenvalue weighted by Gasteiger charge is 2.19. The summed E-state index contributed by atoms with van der Waals surface area (Å²) >= 11 is 0. The molecule has 0 bridgehead atoms. The smallest absolute Gasteiger partial charge is 0.237 e. The van der Waals surface area contributed by atoms with Crippen LogP contribution in [-0.2, 0) is 11.2 Å². The van der Waals surface area contributed by atoms with Gasteiger partial charge in [-0.15, -0.1) is 0 Å². The molecule has 1 heterocycles. The maximum atomic E-state index is 12.3. The van der Waals surface area contributed by atoms with Gasteiger partial charge in [-0.05, 0) is 36.6 Å². The normalized spacial score (nSPS) is 15.0. The zero-order valence-electron chi connectivity index (χ0n) is 13.0. The van der Waals surface area contributed by atoms with Gasteiger partial charge in [0.25, 0.3) is 0 Å². The number of nitrogens with one attached hydrogen (secondary N) is 1. The van der Waals surface area contributed by atoms with Gasteiger partial charge in [-0.25, -0.2) is 0 Å². The van der Waals surface area contributed by atoms with Crippen LogP contribution in [0.1, 0.15) is 24.1 Å². The van der Waals surface area contributed by atoms with Crippen LogP contribution in [0.4, 0.5) is 0 Å². The fourth-order valence-electron chi connectivity index (χ4n) is 2.55. The third kappa shape index (κ3) is 3.63. The predicted octanol–water partition coefficient (Wildman–Crippen LogP) is 2.16. The Morgan fingerprint density at radius 2 is 1.91 bits per heavy atom. The van der Waals surface area contributed by atoms with E-state index >= 15 is 0 Å². The highest BCUT2D eigenvalue weighted by molar-refractivity contribution is 5.82. The first kappa shape index (κ1) is 15.4. The Labute approximate surface area is 135 Å². The first-order valence-electron chi connectivity index (χ1n) is 7.63. The van der Waals surface area contributed by atoms with E-state index in [-0.39, 0.29) is 18.7 Å². The van der Waals surface area contributed by atoms with E-state index in [1.165, 1.54) is 0 Å². The molecule has 1 aliphatic heterocycles. The van der Waals surface area contributed by atoms with Crippen LogP contribution >= 0.6 is 0 Å². The molecule has 3 rings (SSSR count). The topological polar surface area (TPSA) is 73.6 Å². The van der Waals surface area contributed by atoms with E-state index in [9.17, 15) is 4.79 Å². The number of benzene rings is 2. The second-order valence-electron chi connectivity index (χ2n) is 5.64. The molecule has 5 heteroatoms. The van der Waals surface area contributed by atoms with Crippen molar-refractivity contribution in [3.63, 3.8) is 0 Å². The molecule has 2 aromatic carbocycles. The largest absolute Gasteiger partial charge is 0.454 e. The number of carbonyl (C=O) groups excluding carboxylic acids is 1. The minimum Gasteiger partial charge on any atom is -0.454 e. The van der Waals surface area contributed by atoms with Crippen molar-refractivity contribution in [2.24, 2.45) is 5.73 Å². The van der Waals surface area contributed by atoms with E-state index in [0.29, 0.717) is 12.2 Å². The van der Waals surface area contributed by atoms with E-state index in [1.807, 2.05) is 55.5 Å². The Bertz CT molecular complexity index is 688. The Balaban J connectivity index is 1.60. The molecular formula is C18H20N2O3. The van der Waals surface area contributed by atoms with Crippen molar-refractivity contribution in [3.8, 4) is 11.5 Å². The van der Waals surface area contributed by atoms with Crippen molar-refractivity contribution in [1.82, 2.24) is 5.32 Å². The van der Waals surface area contributed by atoms with Gasteiger partial charge in [0, 0.05) is 0 Å². The van der Waals surface area contributed by atoms with Crippen molar-refractivity contribution >= 4 is 5.91 Å². The average Bonchev–Trinajstić information content (AvgIpc) is 3.03. The fourth-order valence-corrected chi connectivity index (χ4v) is 2.55. The third-order valence-corrected chi connectivity index (χ3v) is 3.89. The molecule has 5 nitrogen and oxygen atoms in total. The Kier molecular flexibility index (Phi) is 4.48. The van der Waals surface area contributed by atoms with Gasteiger partial charge >= 0.3 is 0 Å². The van der Waals surface area contributed by atoms with Crippen LogP contribution in [0.15, 0.2) is 48.5 Å². The number of hydrogen-bond donors (Lipinski definition) is 2. The molecule has 0 saturated heterocycles. The number of fused-ring (bicyclic) bond motifs is 1. The van der Waals surface area contributed by atoms with E-state index in [2.05, 4.69) is 5.32 Å². The van der Waals surface area contributed by atoms with Gasteiger partial charge < -0.3 is 20.5 Å². The van der Waals surface area contributed by atoms with Gasteiger partial charge in [-0.3, -0.25) is 4.79 Å². The first-order chi connectivity index (χ1) is 11.1. The van der Waals surface area contributed by atoms with E-state index in [4.69, 9.17) is 15.2 Å². The molecule has 0 saturated carbocycles. The monoisotopic (exact) mass is 312 g/mol. The van der Waals surface area contributed by atoms with Crippen LogP contribution in [-0.4, -0.2) is 18.7 Å². The molecule has 2 atom stereocenters. The van der Waals surface area contributed by atoms with Crippen LogP contribution in [0.5, 0.6) is 11.5 Å². The van der Waals surface area contributed by atoms with Gasteiger partial charge in [0.05, 0.1) is 12.1 Å². The molecule has 3 N–H and O–H groups in total. The number of ether oxygens (including phenoxy) is 2. The van der Waals surface area contributed by atoms with Crippen LogP contribution in [0.3, 0.4) is 0 Å². The van der Waals surface area contributed by atoms with Crippen LogP contribution in [0.25, 0.3) is 0 Å². The Morgan fingerprint density at radius 1 is 1.17 bits per heavy atom. The van der Waals surface area contributed by atoms with E-state index < -0.39 is 6.04 Å². The summed E-state index contributed by atoms with van der Waals surface area (Å²) in [4.78, 5) is 12.3. The molecule has 2 unspecified atom stereocenters. The predicted molar refractivity (Wildman–Crippen MR) is 87.2 cm³/mol. The van der Waals surface area contributed by atoms with Gasteiger partial charge in [0.15, 0.2) is 11.5 Å². The van der Waals surface area contributed by atoms with Crippen LogP contribution in [0.2, 0.25) is 0 Å². The summed E-state index contributed by atoms with van der Waals surface area (Å²) in [7, 11) is 0. The lowest BCUT2D eigenvalue weighted by Crippen LogP contribution is -2.42. The number of amides is 1. The Morgan fingerprint density at radius 3 is 2.70 bits per heavy atom. The quantitative estimate of drug-likeness (QED) is 0.887. The maximum Gasteiger partial charge on any atom is 0.237 e. The molecule has 0 aromatic heterocycles. The molecule has 2 aromatic rings. The highest BCUT2D eigenvalue weighted by Crippen LogP contribution is 2.34. The second-order valence-corrected chi connectivity index (χ2v) is 5.64. The third-order valence-electron chi connectivity index (χ3n) is 3.89. The van der Waals surface area contributed by atoms with E-state index in [0.717, 1.165) is 16.9 Å². The Hall–Kier alpha value is -2.53. The first-order valence-corrected chi connectivity index (χ1v) is 7.63. The second kappa shape index (κ2) is 6.71. The zero-order valence-corrected chi connectivity index (χ0v) is 13.0. The molecule has 0 radical (unpaired) electrons. The summed E-state index contributed by atoms with van der Waals surface area (Å²) in [6, 6.07) is 14.7. The van der Waals surface area contributed by atoms with Crippen molar-refractivity contribution in [1.29, 1.82) is 0 Å². The van der Waals surface area contributed by atoms with Crippen molar-refractivity contribution in [3.05, 3.63) is 59.7 Å². The lowest BCUT2D eigenvalue weighted by Gasteiger charge is -2.18. The van der Waals surface area contributed by atoms with Gasteiger partial charge in [0.1, 0.15) is 0 Å². The number of rotatable bonds is 5. The maximum absolute atomic E-state index is 12.3. The summed E-state index contributed by atoms with van der Waals surface area (Å²) in [6.45, 7) is 2.16. The van der Waals surface area contributed by atoms with Gasteiger partial charge in [-0.2, -0.15) is 0 Å². The molecule has 23 heavy (non-hydrogen) atoms. The molecule has 0 fully saturated rings. The summed E-state index contributed by atoms with van der Waals surface area (Å²) < 4.78 is 10.7. The standard InChI is InChI=1S/C18H20N2O3/c1-12(14-7-8-16-17(10-14)23-11-22-16)20-18(21)15(19)9-13-5-3-2-4-6-13/h2-8,10,12,15H,9,11,19H2,1H3,(H,20,21). The van der Waals surface area contributed by atoms with Crippen molar-refractivity contribution in [2.45, 2.75) is 25.4 Å². The number of nitrogens with two attached hydrogens (primary N) is 1. The minimum atomic E-state index is -0.575. The molecule has 0 aliphatic carbocycles. The molecule has 0 spiro atoms. The fraction of sp³-hybridized carbons (Fsp3) is 0.278. The molecular weight excluding hydrogens is 292 g/mol. The number of hydrogen-bond acceptors (Lipinski definition) is 4. The van der Waals surface area contributed by atoms with Gasteiger partial charge in [-0.1, -0.05) is 36.4 Å². The van der Waals surface area contributed by atoms with Crippen LogP contribution in [0, 0.1) is 0 Å². The summed E-state index contributed by atoms with van der Waals surface area (Å²) in [5.41, 5.74) is 8.01. The highest BCUT2D eigenvalue weighted by atomic mass is 16.7. The van der Waals surface area contributed by atoms with Gasteiger partial charge in [0.2, 0.25) is 12.7 Å². The summed E-state index contributed by atoms with van der Waals surface area (Å²) in [6.07, 6.45) is 0.514. The summed E-state index contributed by atoms with van der Waals surface area (Å²) in [5, 5.41) is 2.95. The zero-order chi connectivity index (χ0) is 16.2. The lowest BCUT2D eigenvalue weighted by molar-refractivity contribution is -0.123. The van der Waals surface area contributed by atoms with Crippen molar-refractivity contribution < 1.29 is 14.3 Å². The summed E-state index contributed by atoms with van der Waals surface area (Å²) in [5.74, 6) is 1.27. The minimum absolute atomic E-state index is 0.154. The molecule has 1 aliphatic rings. The molecule has 1 amide bonds. The molecule has 120 valence electrons. The average molecular weight is 312 g/mol. The van der Waals surface area contributed by atoms with Crippen molar-refractivity contribution in [2.75, 3.05) is 6.79 Å². The van der Waals surface area contributed by atoms with Crippen LogP contribution < -0.4 is 20.5 Å². The lowest BCUT2D eigenvalue weighted by atomic mass is 10.0.